The van der Waals surface area contributed by atoms with Crippen molar-refractivity contribution in [2.24, 2.45) is 0 Å². The Morgan fingerprint density at radius 1 is 1.43 bits per heavy atom. The predicted octanol–water partition coefficient (Wildman–Crippen LogP) is 0.877. The normalized spacial score (nSPS) is 21.1. The number of aryl methyl sites for hydroxylation is 1. The van der Waals surface area contributed by atoms with E-state index in [-0.39, 0.29) is 23.7 Å². The minimum atomic E-state index is -0.318. The van der Waals surface area contributed by atoms with E-state index in [9.17, 15) is 4.79 Å². The van der Waals surface area contributed by atoms with Gasteiger partial charge in [-0.25, -0.2) is 4.63 Å². The summed E-state index contributed by atoms with van der Waals surface area (Å²) in [6.45, 7) is 3.04. The smallest absolute Gasteiger partial charge is 0.275 e. The maximum atomic E-state index is 12.2. The van der Waals surface area contributed by atoms with Gasteiger partial charge in [-0.05, 0) is 30.6 Å². The van der Waals surface area contributed by atoms with Crippen LogP contribution in [-0.2, 0) is 16.1 Å². The molecule has 1 aliphatic rings. The molecule has 3 rings (SSSR count). The number of pyridine rings is 1. The summed E-state index contributed by atoms with van der Waals surface area (Å²) in [7, 11) is 0. The molecule has 3 heterocycles. The quantitative estimate of drug-likeness (QED) is 0.873. The first-order chi connectivity index (χ1) is 11.2. The van der Waals surface area contributed by atoms with Crippen molar-refractivity contribution in [1.29, 1.82) is 0 Å². The van der Waals surface area contributed by atoms with Crippen molar-refractivity contribution < 1.29 is 18.9 Å². The molecule has 2 atom stereocenters. The number of rotatable bonds is 5. The zero-order chi connectivity index (χ0) is 16.1. The molecule has 0 saturated carbocycles. The molecule has 1 fully saturated rings. The number of amides is 1. The number of nitrogens with zero attached hydrogens (tertiary/aromatic N) is 3. The molecule has 0 aliphatic carbocycles. The Morgan fingerprint density at radius 2 is 2.35 bits per heavy atom. The van der Waals surface area contributed by atoms with Crippen LogP contribution in [0.5, 0.6) is 0 Å². The molecular formula is C15H18N4O4. The molecule has 1 amide bonds. The third kappa shape index (κ3) is 3.91. The van der Waals surface area contributed by atoms with Crippen molar-refractivity contribution in [2.75, 3.05) is 13.2 Å². The Hall–Kier alpha value is -2.32. The largest absolute Gasteiger partial charge is 0.379 e. The molecule has 8 heteroatoms. The van der Waals surface area contributed by atoms with Gasteiger partial charge in [0.05, 0.1) is 24.9 Å². The highest BCUT2D eigenvalue weighted by Gasteiger charge is 2.29. The van der Waals surface area contributed by atoms with E-state index >= 15 is 0 Å². The van der Waals surface area contributed by atoms with Crippen LogP contribution in [0, 0.1) is 6.92 Å². The number of aromatic nitrogens is 3. The van der Waals surface area contributed by atoms with Crippen molar-refractivity contribution in [2.45, 2.75) is 32.1 Å². The molecule has 0 aromatic carbocycles. The van der Waals surface area contributed by atoms with Gasteiger partial charge >= 0.3 is 0 Å². The maximum Gasteiger partial charge on any atom is 0.275 e. The number of hydrogen-bond acceptors (Lipinski definition) is 7. The molecule has 8 nitrogen and oxygen atoms in total. The van der Waals surface area contributed by atoms with Crippen LogP contribution in [0.4, 0.5) is 0 Å². The lowest BCUT2D eigenvalue weighted by Gasteiger charge is -2.31. The molecule has 1 saturated heterocycles. The fourth-order valence-electron chi connectivity index (χ4n) is 2.39. The van der Waals surface area contributed by atoms with Crippen molar-refractivity contribution >= 4 is 5.91 Å². The summed E-state index contributed by atoms with van der Waals surface area (Å²) in [6.07, 6.45) is 2.15. The maximum absolute atomic E-state index is 12.2. The topological polar surface area (TPSA) is 99.4 Å². The van der Waals surface area contributed by atoms with Crippen molar-refractivity contribution in [3.8, 4) is 0 Å². The van der Waals surface area contributed by atoms with Crippen molar-refractivity contribution in [3.05, 3.63) is 41.5 Å². The average Bonchev–Trinajstić information content (AvgIpc) is 3.01. The van der Waals surface area contributed by atoms with Crippen LogP contribution in [0.15, 0.2) is 29.0 Å². The molecular weight excluding hydrogens is 300 g/mol. The van der Waals surface area contributed by atoms with Crippen LogP contribution in [0.1, 0.15) is 28.3 Å². The van der Waals surface area contributed by atoms with Gasteiger partial charge < -0.3 is 14.8 Å². The molecule has 2 aromatic rings. The van der Waals surface area contributed by atoms with Gasteiger partial charge in [-0.1, -0.05) is 11.2 Å². The minimum absolute atomic E-state index is 0.156. The fraction of sp³-hybridized carbons (Fsp3) is 0.467. The van der Waals surface area contributed by atoms with Gasteiger partial charge in [0.25, 0.3) is 5.91 Å². The van der Waals surface area contributed by atoms with Gasteiger partial charge in [-0.3, -0.25) is 9.78 Å². The summed E-state index contributed by atoms with van der Waals surface area (Å²) in [5.74, 6) is -0.318. The summed E-state index contributed by atoms with van der Waals surface area (Å²) in [4.78, 5) is 16.4. The zero-order valence-corrected chi connectivity index (χ0v) is 12.8. The van der Waals surface area contributed by atoms with Crippen LogP contribution in [-0.4, -0.2) is 46.6 Å². The summed E-state index contributed by atoms with van der Waals surface area (Å²) >= 11 is 0. The number of carbonyl (C=O) groups excluding carboxylic acids is 1. The lowest BCUT2D eigenvalue weighted by molar-refractivity contribution is -0.0743. The fourth-order valence-corrected chi connectivity index (χ4v) is 2.39. The molecule has 2 aromatic heterocycles. The predicted molar refractivity (Wildman–Crippen MR) is 78.5 cm³/mol. The molecule has 0 unspecified atom stereocenters. The van der Waals surface area contributed by atoms with Crippen molar-refractivity contribution in [3.63, 3.8) is 0 Å². The second kappa shape index (κ2) is 7.30. The van der Waals surface area contributed by atoms with Crippen LogP contribution < -0.4 is 5.32 Å². The van der Waals surface area contributed by atoms with Crippen LogP contribution in [0.25, 0.3) is 0 Å². The van der Waals surface area contributed by atoms with E-state index in [0.29, 0.717) is 31.9 Å². The number of nitrogens with one attached hydrogen (secondary N) is 1. The van der Waals surface area contributed by atoms with E-state index in [4.69, 9.17) is 9.47 Å². The number of hydrogen-bond donors (Lipinski definition) is 1. The molecule has 122 valence electrons. The third-order valence-corrected chi connectivity index (χ3v) is 3.66. The first-order valence-corrected chi connectivity index (χ1v) is 7.43. The van der Waals surface area contributed by atoms with E-state index in [1.54, 1.807) is 13.1 Å². The second-order valence-corrected chi connectivity index (χ2v) is 5.31. The van der Waals surface area contributed by atoms with Gasteiger partial charge in [-0.2, -0.15) is 0 Å². The van der Waals surface area contributed by atoms with Crippen molar-refractivity contribution in [1.82, 2.24) is 20.6 Å². The molecule has 1 aliphatic heterocycles. The number of ether oxygens (including phenoxy) is 2. The average molecular weight is 318 g/mol. The lowest BCUT2D eigenvalue weighted by Crippen LogP contribution is -2.50. The highest BCUT2D eigenvalue weighted by molar-refractivity contribution is 5.93. The highest BCUT2D eigenvalue weighted by atomic mass is 16.6. The summed E-state index contributed by atoms with van der Waals surface area (Å²) < 4.78 is 15.9. The Morgan fingerprint density at radius 3 is 3.09 bits per heavy atom. The van der Waals surface area contributed by atoms with Gasteiger partial charge in [-0.15, -0.1) is 0 Å². The first kappa shape index (κ1) is 15.6. The summed E-state index contributed by atoms with van der Waals surface area (Å²) in [6, 6.07) is 5.49. The zero-order valence-electron chi connectivity index (χ0n) is 12.8. The molecule has 23 heavy (non-hydrogen) atoms. The van der Waals surface area contributed by atoms with Gasteiger partial charge in [0.15, 0.2) is 5.69 Å². The number of carbonyl (C=O) groups is 1. The third-order valence-electron chi connectivity index (χ3n) is 3.66. The standard InChI is InChI=1S/C15H18N4O4/c1-10-14(19-23-18-10)15(20)17-12-5-7-21-9-13(12)22-8-11-4-2-3-6-16-11/h2-4,6,12-13H,5,7-9H2,1H3,(H,17,20)/t12-,13-/m1/s1. The summed E-state index contributed by atoms with van der Waals surface area (Å²) in [5, 5.41) is 10.2. The Balaban J connectivity index is 1.60. The van der Waals surface area contributed by atoms with E-state index in [2.05, 4.69) is 25.2 Å². The summed E-state index contributed by atoms with van der Waals surface area (Å²) in [5.41, 5.74) is 1.49. The van der Waals surface area contributed by atoms with Gasteiger partial charge in [0.1, 0.15) is 11.8 Å². The first-order valence-electron chi connectivity index (χ1n) is 7.43. The van der Waals surface area contributed by atoms with Crippen LogP contribution >= 0.6 is 0 Å². The van der Waals surface area contributed by atoms with Crippen LogP contribution in [0.3, 0.4) is 0 Å². The lowest BCUT2D eigenvalue weighted by atomic mass is 10.1. The van der Waals surface area contributed by atoms with E-state index in [1.807, 2.05) is 18.2 Å². The Kier molecular flexibility index (Phi) is 4.94. The Labute approximate surface area is 133 Å². The monoisotopic (exact) mass is 318 g/mol. The van der Waals surface area contributed by atoms with Gasteiger partial charge in [0, 0.05) is 12.8 Å². The van der Waals surface area contributed by atoms with E-state index in [1.165, 1.54) is 0 Å². The molecule has 1 N–H and O–H groups in total. The minimum Gasteiger partial charge on any atom is -0.379 e. The van der Waals surface area contributed by atoms with E-state index < -0.39 is 0 Å². The second-order valence-electron chi connectivity index (χ2n) is 5.31. The van der Waals surface area contributed by atoms with E-state index in [0.717, 1.165) is 5.69 Å². The molecule has 0 radical (unpaired) electrons. The van der Waals surface area contributed by atoms with Gasteiger partial charge in [0.2, 0.25) is 0 Å². The van der Waals surface area contributed by atoms with Crippen LogP contribution in [0.2, 0.25) is 0 Å². The molecule has 0 bridgehead atoms. The Bertz CT molecular complexity index is 646. The molecule has 0 spiro atoms. The highest BCUT2D eigenvalue weighted by Crippen LogP contribution is 2.14. The SMILES string of the molecule is Cc1nonc1C(=O)N[C@@H]1CCOC[C@H]1OCc1ccccn1.